The van der Waals surface area contributed by atoms with Crippen molar-refractivity contribution in [2.45, 2.75) is 89.6 Å². The van der Waals surface area contributed by atoms with Crippen LogP contribution in [0, 0.1) is 0 Å². The molecule has 1 heterocycles. The molecular weight excluding hydrogens is 206 g/mol. The zero-order chi connectivity index (χ0) is 12.1. The summed E-state index contributed by atoms with van der Waals surface area (Å²) in [5, 5.41) is 0. The normalized spacial score (nSPS) is 38.1. The molecule has 2 atom stereocenters. The van der Waals surface area contributed by atoms with Crippen molar-refractivity contribution >= 4 is 0 Å². The molecule has 0 spiro atoms. The second-order valence-corrected chi connectivity index (χ2v) is 6.77. The van der Waals surface area contributed by atoms with Crippen LogP contribution in [-0.4, -0.2) is 30.2 Å². The molecule has 2 rings (SSSR count). The predicted molar refractivity (Wildman–Crippen MR) is 75.1 cm³/mol. The molecular formula is C16H32N+. The third-order valence-corrected chi connectivity index (χ3v) is 5.68. The number of likely N-dealkylation sites (tertiary alicyclic amines) is 1. The fraction of sp³-hybridized carbons (Fsp3) is 1.00. The van der Waals surface area contributed by atoms with Crippen molar-refractivity contribution < 1.29 is 4.48 Å². The SMILES string of the molecule is CC1CCCC[N+]1(C)C1CCCCCCCC1. The van der Waals surface area contributed by atoms with Gasteiger partial charge in [0, 0.05) is 0 Å². The van der Waals surface area contributed by atoms with Crippen LogP contribution in [0.25, 0.3) is 0 Å². The van der Waals surface area contributed by atoms with Gasteiger partial charge in [-0.25, -0.2) is 0 Å². The number of rotatable bonds is 1. The number of nitrogens with zero attached hydrogens (tertiary/aromatic N) is 1. The predicted octanol–water partition coefficient (Wildman–Crippen LogP) is 4.51. The molecule has 0 bridgehead atoms. The van der Waals surface area contributed by atoms with E-state index in [1.165, 1.54) is 81.7 Å². The third-order valence-electron chi connectivity index (χ3n) is 5.68. The van der Waals surface area contributed by atoms with Crippen LogP contribution in [0.5, 0.6) is 0 Å². The average Bonchev–Trinajstić information content (AvgIpc) is 2.46. The first-order valence-corrected chi connectivity index (χ1v) is 8.08. The van der Waals surface area contributed by atoms with Crippen LogP contribution in [0.2, 0.25) is 0 Å². The highest BCUT2D eigenvalue weighted by molar-refractivity contribution is 4.70. The minimum atomic E-state index is 0.912. The molecule has 1 aliphatic carbocycles. The van der Waals surface area contributed by atoms with E-state index in [1.54, 1.807) is 0 Å². The summed E-state index contributed by atoms with van der Waals surface area (Å²) in [5.41, 5.74) is 0. The van der Waals surface area contributed by atoms with E-state index in [0.717, 1.165) is 12.1 Å². The highest BCUT2D eigenvalue weighted by Crippen LogP contribution is 2.32. The first-order chi connectivity index (χ1) is 8.23. The van der Waals surface area contributed by atoms with E-state index in [9.17, 15) is 0 Å². The van der Waals surface area contributed by atoms with Crippen molar-refractivity contribution in [3.63, 3.8) is 0 Å². The maximum Gasteiger partial charge on any atom is 0.0890 e. The Labute approximate surface area is 108 Å². The molecule has 0 aromatic carbocycles. The van der Waals surface area contributed by atoms with Crippen molar-refractivity contribution in [2.75, 3.05) is 13.6 Å². The van der Waals surface area contributed by atoms with Gasteiger partial charge >= 0.3 is 0 Å². The second kappa shape index (κ2) is 6.22. The standard InChI is InChI=1S/C16H32N/c1-15-11-9-10-14-17(15,2)16-12-7-5-3-4-6-8-13-16/h15-16H,3-14H2,1-2H3/q+1. The molecule has 2 fully saturated rings. The van der Waals surface area contributed by atoms with E-state index in [4.69, 9.17) is 0 Å². The summed E-state index contributed by atoms with van der Waals surface area (Å²) in [7, 11) is 2.56. The summed E-state index contributed by atoms with van der Waals surface area (Å²) in [5.74, 6) is 0. The Morgan fingerprint density at radius 3 is 1.82 bits per heavy atom. The lowest BCUT2D eigenvalue weighted by atomic mass is 9.92. The van der Waals surface area contributed by atoms with Gasteiger partial charge in [-0.05, 0) is 51.9 Å². The fourth-order valence-electron chi connectivity index (χ4n) is 4.15. The summed E-state index contributed by atoms with van der Waals surface area (Å²) in [4.78, 5) is 0. The molecule has 1 saturated carbocycles. The Kier molecular flexibility index (Phi) is 4.90. The Bertz CT molecular complexity index is 216. The van der Waals surface area contributed by atoms with E-state index in [-0.39, 0.29) is 0 Å². The molecule has 17 heavy (non-hydrogen) atoms. The molecule has 0 radical (unpaired) electrons. The molecule has 0 aromatic heterocycles. The Morgan fingerprint density at radius 1 is 0.706 bits per heavy atom. The van der Waals surface area contributed by atoms with E-state index in [0.29, 0.717) is 0 Å². The third kappa shape index (κ3) is 3.24. The number of hydrogen-bond acceptors (Lipinski definition) is 0. The van der Waals surface area contributed by atoms with Gasteiger partial charge in [0.2, 0.25) is 0 Å². The van der Waals surface area contributed by atoms with Crippen LogP contribution in [0.1, 0.15) is 77.6 Å². The van der Waals surface area contributed by atoms with Gasteiger partial charge in [0.1, 0.15) is 0 Å². The van der Waals surface area contributed by atoms with Gasteiger partial charge in [-0.1, -0.05) is 25.7 Å². The highest BCUT2D eigenvalue weighted by atomic mass is 15.4. The van der Waals surface area contributed by atoms with Gasteiger partial charge in [-0.15, -0.1) is 0 Å². The molecule has 2 unspecified atom stereocenters. The molecule has 1 saturated heterocycles. The summed E-state index contributed by atoms with van der Waals surface area (Å²) in [6, 6.07) is 1.89. The number of quaternary nitrogens is 1. The van der Waals surface area contributed by atoms with E-state index in [1.807, 2.05) is 0 Å². The maximum atomic E-state index is 2.56. The Morgan fingerprint density at radius 2 is 1.24 bits per heavy atom. The first-order valence-electron chi connectivity index (χ1n) is 8.08. The number of piperidine rings is 1. The zero-order valence-corrected chi connectivity index (χ0v) is 12.1. The summed E-state index contributed by atoms with van der Waals surface area (Å²) in [6.45, 7) is 3.96. The maximum absolute atomic E-state index is 2.56. The molecule has 1 aliphatic heterocycles. The van der Waals surface area contributed by atoms with Crippen molar-refractivity contribution in [2.24, 2.45) is 0 Å². The molecule has 100 valence electrons. The fourth-order valence-corrected chi connectivity index (χ4v) is 4.15. The van der Waals surface area contributed by atoms with E-state index < -0.39 is 0 Å². The van der Waals surface area contributed by atoms with Gasteiger partial charge in [-0.3, -0.25) is 0 Å². The van der Waals surface area contributed by atoms with Crippen molar-refractivity contribution in [1.82, 2.24) is 0 Å². The highest BCUT2D eigenvalue weighted by Gasteiger charge is 2.38. The van der Waals surface area contributed by atoms with E-state index >= 15 is 0 Å². The molecule has 0 aromatic rings. The lowest BCUT2D eigenvalue weighted by Crippen LogP contribution is -2.59. The van der Waals surface area contributed by atoms with Crippen LogP contribution >= 0.6 is 0 Å². The topological polar surface area (TPSA) is 0 Å². The van der Waals surface area contributed by atoms with Gasteiger partial charge in [0.15, 0.2) is 0 Å². The second-order valence-electron chi connectivity index (χ2n) is 6.77. The minimum absolute atomic E-state index is 0.912. The molecule has 1 heteroatoms. The first kappa shape index (κ1) is 13.4. The lowest BCUT2D eigenvalue weighted by molar-refractivity contribution is -0.959. The van der Waals surface area contributed by atoms with Gasteiger partial charge in [0.25, 0.3) is 0 Å². The molecule has 0 N–H and O–H groups in total. The molecule has 1 nitrogen and oxygen atoms in total. The Balaban J connectivity index is 2.00. The zero-order valence-electron chi connectivity index (χ0n) is 12.1. The Hall–Kier alpha value is -0.0400. The molecule has 2 aliphatic rings. The average molecular weight is 238 g/mol. The molecule has 0 amide bonds. The quantitative estimate of drug-likeness (QED) is 0.590. The van der Waals surface area contributed by atoms with Crippen LogP contribution in [0.3, 0.4) is 0 Å². The summed E-state index contributed by atoms with van der Waals surface area (Å²) >= 11 is 0. The van der Waals surface area contributed by atoms with Gasteiger partial charge < -0.3 is 4.48 Å². The van der Waals surface area contributed by atoms with Crippen LogP contribution in [0.15, 0.2) is 0 Å². The van der Waals surface area contributed by atoms with E-state index in [2.05, 4.69) is 14.0 Å². The monoisotopic (exact) mass is 238 g/mol. The van der Waals surface area contributed by atoms with Crippen LogP contribution in [0.4, 0.5) is 0 Å². The summed E-state index contributed by atoms with van der Waals surface area (Å²) < 4.78 is 1.40. The van der Waals surface area contributed by atoms with Gasteiger partial charge in [0.05, 0.1) is 25.7 Å². The number of hydrogen-bond donors (Lipinski definition) is 0. The summed E-state index contributed by atoms with van der Waals surface area (Å²) in [6.07, 6.45) is 16.4. The smallest absolute Gasteiger partial charge is 0.0890 e. The largest absolute Gasteiger partial charge is 0.321 e. The van der Waals surface area contributed by atoms with Gasteiger partial charge in [-0.2, -0.15) is 0 Å². The van der Waals surface area contributed by atoms with Crippen molar-refractivity contribution in [1.29, 1.82) is 0 Å². The van der Waals surface area contributed by atoms with Crippen molar-refractivity contribution in [3.05, 3.63) is 0 Å². The van der Waals surface area contributed by atoms with Crippen molar-refractivity contribution in [3.8, 4) is 0 Å². The van der Waals surface area contributed by atoms with Crippen LogP contribution < -0.4 is 0 Å². The minimum Gasteiger partial charge on any atom is -0.321 e. The lowest BCUT2D eigenvalue weighted by Gasteiger charge is -2.49. The van der Waals surface area contributed by atoms with Crippen LogP contribution in [-0.2, 0) is 0 Å².